The molecule has 15 heavy (non-hydrogen) atoms. The van der Waals surface area contributed by atoms with Crippen molar-refractivity contribution in [1.82, 2.24) is 0 Å². The fourth-order valence-corrected chi connectivity index (χ4v) is 2.33. The van der Waals surface area contributed by atoms with Crippen molar-refractivity contribution in [3.63, 3.8) is 0 Å². The highest BCUT2D eigenvalue weighted by atomic mass is 16.6. The molecule has 0 aromatic carbocycles. The van der Waals surface area contributed by atoms with Crippen molar-refractivity contribution in [2.75, 3.05) is 0 Å². The van der Waals surface area contributed by atoms with Crippen LogP contribution in [0, 0.1) is 5.92 Å². The summed E-state index contributed by atoms with van der Waals surface area (Å²) in [7, 11) is 0. The normalized spacial score (nSPS) is 26.6. The van der Waals surface area contributed by atoms with E-state index in [4.69, 9.17) is 4.74 Å². The lowest BCUT2D eigenvalue weighted by Gasteiger charge is -2.12. The van der Waals surface area contributed by atoms with Crippen molar-refractivity contribution in [3.05, 3.63) is 0 Å². The zero-order valence-electron chi connectivity index (χ0n) is 10.8. The Morgan fingerprint density at radius 1 is 1.07 bits per heavy atom. The van der Waals surface area contributed by atoms with Gasteiger partial charge in [0.05, 0.1) is 12.2 Å². The van der Waals surface area contributed by atoms with E-state index in [-0.39, 0.29) is 0 Å². The first kappa shape index (κ1) is 13.0. The van der Waals surface area contributed by atoms with E-state index < -0.39 is 0 Å². The average Bonchev–Trinajstić information content (AvgIpc) is 2.92. The third kappa shape index (κ3) is 5.55. The number of hydrogen-bond donors (Lipinski definition) is 0. The van der Waals surface area contributed by atoms with Crippen LogP contribution in [-0.4, -0.2) is 12.2 Å². The van der Waals surface area contributed by atoms with E-state index in [0.717, 1.165) is 5.92 Å². The fraction of sp³-hybridized carbons (Fsp3) is 1.00. The topological polar surface area (TPSA) is 12.5 Å². The van der Waals surface area contributed by atoms with Gasteiger partial charge in [0.25, 0.3) is 0 Å². The summed E-state index contributed by atoms with van der Waals surface area (Å²) < 4.78 is 5.49. The van der Waals surface area contributed by atoms with Crippen molar-refractivity contribution in [3.8, 4) is 0 Å². The average molecular weight is 212 g/mol. The standard InChI is InChI=1S/C14H28O/c1-4-6-7-8-9-10-13(5-2)11-14-12(3)15-14/h12-14H,4-11H2,1-3H3. The molecule has 0 spiro atoms. The summed E-state index contributed by atoms with van der Waals surface area (Å²) in [5.41, 5.74) is 0. The maximum absolute atomic E-state index is 5.49. The summed E-state index contributed by atoms with van der Waals surface area (Å²) >= 11 is 0. The summed E-state index contributed by atoms with van der Waals surface area (Å²) in [6.45, 7) is 6.79. The van der Waals surface area contributed by atoms with Gasteiger partial charge in [0.1, 0.15) is 0 Å². The van der Waals surface area contributed by atoms with Gasteiger partial charge in [-0.1, -0.05) is 58.8 Å². The van der Waals surface area contributed by atoms with Crippen LogP contribution in [-0.2, 0) is 4.74 Å². The van der Waals surface area contributed by atoms with Gasteiger partial charge in [0, 0.05) is 0 Å². The maximum atomic E-state index is 5.49. The van der Waals surface area contributed by atoms with Gasteiger partial charge in [0.2, 0.25) is 0 Å². The molecule has 0 amide bonds. The van der Waals surface area contributed by atoms with Crippen LogP contribution in [0.1, 0.15) is 72.1 Å². The van der Waals surface area contributed by atoms with Crippen LogP contribution in [0.3, 0.4) is 0 Å². The Balaban J connectivity index is 1.96. The Bertz CT molecular complexity index is 155. The molecule has 1 rings (SSSR count). The Kier molecular flexibility index (Phi) is 6.31. The van der Waals surface area contributed by atoms with Gasteiger partial charge in [-0.3, -0.25) is 0 Å². The summed E-state index contributed by atoms with van der Waals surface area (Å²) in [6, 6.07) is 0. The molecule has 1 heteroatoms. The van der Waals surface area contributed by atoms with Crippen LogP contribution in [0.4, 0.5) is 0 Å². The van der Waals surface area contributed by atoms with Crippen LogP contribution in [0.25, 0.3) is 0 Å². The van der Waals surface area contributed by atoms with Crippen LogP contribution >= 0.6 is 0 Å². The second kappa shape index (κ2) is 7.27. The van der Waals surface area contributed by atoms with E-state index >= 15 is 0 Å². The fourth-order valence-electron chi connectivity index (χ4n) is 2.33. The second-order valence-corrected chi connectivity index (χ2v) is 5.09. The molecule has 90 valence electrons. The highest BCUT2D eigenvalue weighted by Crippen LogP contribution is 2.31. The molecule has 1 aliphatic rings. The van der Waals surface area contributed by atoms with Gasteiger partial charge in [-0.2, -0.15) is 0 Å². The number of rotatable bonds is 9. The molecule has 1 heterocycles. The number of hydrogen-bond acceptors (Lipinski definition) is 1. The van der Waals surface area contributed by atoms with Crippen LogP contribution in [0.2, 0.25) is 0 Å². The van der Waals surface area contributed by atoms with Crippen molar-refractivity contribution >= 4 is 0 Å². The molecular weight excluding hydrogens is 184 g/mol. The predicted octanol–water partition coefficient (Wildman–Crippen LogP) is 4.55. The molecule has 0 aromatic rings. The summed E-state index contributed by atoms with van der Waals surface area (Å²) in [5, 5.41) is 0. The summed E-state index contributed by atoms with van der Waals surface area (Å²) in [5.74, 6) is 0.918. The Morgan fingerprint density at radius 3 is 2.27 bits per heavy atom. The summed E-state index contributed by atoms with van der Waals surface area (Å²) in [6.07, 6.45) is 12.3. The molecule has 0 aromatic heterocycles. The third-order valence-electron chi connectivity index (χ3n) is 3.70. The van der Waals surface area contributed by atoms with E-state index in [0.29, 0.717) is 12.2 Å². The highest BCUT2D eigenvalue weighted by Gasteiger charge is 2.35. The molecule has 0 radical (unpaired) electrons. The predicted molar refractivity (Wildman–Crippen MR) is 66.1 cm³/mol. The van der Waals surface area contributed by atoms with Crippen molar-refractivity contribution < 1.29 is 4.74 Å². The highest BCUT2D eigenvalue weighted by molar-refractivity contribution is 4.82. The quantitative estimate of drug-likeness (QED) is 0.403. The molecular formula is C14H28O. The molecule has 3 unspecified atom stereocenters. The Hall–Kier alpha value is -0.0400. The minimum Gasteiger partial charge on any atom is -0.370 e. The van der Waals surface area contributed by atoms with E-state index in [1.54, 1.807) is 0 Å². The lowest BCUT2D eigenvalue weighted by molar-refractivity contribution is 0.321. The monoisotopic (exact) mass is 212 g/mol. The summed E-state index contributed by atoms with van der Waals surface area (Å²) in [4.78, 5) is 0. The van der Waals surface area contributed by atoms with Crippen molar-refractivity contribution in [1.29, 1.82) is 0 Å². The van der Waals surface area contributed by atoms with Gasteiger partial charge in [0.15, 0.2) is 0 Å². The zero-order chi connectivity index (χ0) is 11.1. The second-order valence-electron chi connectivity index (χ2n) is 5.09. The molecule has 1 saturated heterocycles. The minimum absolute atomic E-state index is 0.555. The van der Waals surface area contributed by atoms with Crippen LogP contribution < -0.4 is 0 Å². The Morgan fingerprint density at radius 2 is 1.73 bits per heavy atom. The van der Waals surface area contributed by atoms with E-state index in [1.165, 1.54) is 51.4 Å². The SMILES string of the molecule is CCCCCCCC(CC)CC1OC1C. The lowest BCUT2D eigenvalue weighted by atomic mass is 9.93. The molecule has 0 N–H and O–H groups in total. The van der Waals surface area contributed by atoms with Gasteiger partial charge in [-0.25, -0.2) is 0 Å². The number of epoxide rings is 1. The molecule has 3 atom stereocenters. The van der Waals surface area contributed by atoms with E-state index in [9.17, 15) is 0 Å². The van der Waals surface area contributed by atoms with Gasteiger partial charge in [-0.15, -0.1) is 0 Å². The molecule has 1 nitrogen and oxygen atoms in total. The molecule has 0 saturated carbocycles. The Labute approximate surface area is 95.6 Å². The van der Waals surface area contributed by atoms with E-state index in [2.05, 4.69) is 20.8 Å². The van der Waals surface area contributed by atoms with Gasteiger partial charge < -0.3 is 4.74 Å². The maximum Gasteiger partial charge on any atom is 0.0841 e. The first-order valence-corrected chi connectivity index (χ1v) is 6.93. The van der Waals surface area contributed by atoms with E-state index in [1.807, 2.05) is 0 Å². The molecule has 0 bridgehead atoms. The smallest absolute Gasteiger partial charge is 0.0841 e. The largest absolute Gasteiger partial charge is 0.370 e. The third-order valence-corrected chi connectivity index (χ3v) is 3.70. The number of unbranched alkanes of at least 4 members (excludes halogenated alkanes) is 4. The van der Waals surface area contributed by atoms with Crippen molar-refractivity contribution in [2.45, 2.75) is 84.3 Å². The van der Waals surface area contributed by atoms with Gasteiger partial charge >= 0.3 is 0 Å². The number of ether oxygens (including phenoxy) is 1. The van der Waals surface area contributed by atoms with Gasteiger partial charge in [-0.05, 0) is 19.3 Å². The van der Waals surface area contributed by atoms with Crippen LogP contribution in [0.15, 0.2) is 0 Å². The molecule has 0 aliphatic carbocycles. The molecule has 1 aliphatic heterocycles. The zero-order valence-corrected chi connectivity index (χ0v) is 10.8. The van der Waals surface area contributed by atoms with Crippen molar-refractivity contribution in [2.24, 2.45) is 5.92 Å². The first-order chi connectivity index (χ1) is 7.27. The minimum atomic E-state index is 0.555. The first-order valence-electron chi connectivity index (χ1n) is 6.93. The van der Waals surface area contributed by atoms with Crippen LogP contribution in [0.5, 0.6) is 0 Å². The molecule has 1 fully saturated rings. The lowest BCUT2D eigenvalue weighted by Crippen LogP contribution is -2.04.